The first-order valence-electron chi connectivity index (χ1n) is 7.06. The van der Waals surface area contributed by atoms with Gasteiger partial charge in [0, 0.05) is 27.5 Å². The van der Waals surface area contributed by atoms with Crippen molar-refractivity contribution in [1.82, 2.24) is 0 Å². The van der Waals surface area contributed by atoms with Crippen LogP contribution in [0.1, 0.15) is 20.7 Å². The van der Waals surface area contributed by atoms with Crippen molar-refractivity contribution >= 4 is 44.1 Å². The Morgan fingerprint density at radius 2 is 1.76 bits per heavy atom. The maximum Gasteiger partial charge on any atom is 0.339 e. The Balaban J connectivity index is 1.94. The Kier molecular flexibility index (Phi) is 4.82. The number of amides is 1. The van der Waals surface area contributed by atoms with Gasteiger partial charge in [0.2, 0.25) is 0 Å². The normalized spacial score (nSPS) is 10.4. The van der Waals surface area contributed by atoms with Crippen LogP contribution in [0.25, 0.3) is 11.1 Å². The number of nitrogens with one attached hydrogen (secondary N) is 1. The van der Waals surface area contributed by atoms with Crippen LogP contribution in [0.2, 0.25) is 0 Å². The van der Waals surface area contributed by atoms with Gasteiger partial charge in [0.1, 0.15) is 10.6 Å². The van der Waals surface area contributed by atoms with Crippen LogP contribution in [0, 0.1) is 5.21 Å². The second kappa shape index (κ2) is 7.04. The molecule has 0 bridgehead atoms. The summed E-state index contributed by atoms with van der Waals surface area (Å²) in [6.45, 7) is 0. The summed E-state index contributed by atoms with van der Waals surface area (Å²) >= 11 is 4.48. The van der Waals surface area contributed by atoms with E-state index in [0.29, 0.717) is 10.3 Å². The number of halogens is 1. The molecule has 2 aromatic heterocycles. The van der Waals surface area contributed by atoms with Gasteiger partial charge >= 0.3 is 5.97 Å². The van der Waals surface area contributed by atoms with Crippen molar-refractivity contribution in [2.24, 2.45) is 0 Å². The molecule has 6 nitrogen and oxygen atoms in total. The van der Waals surface area contributed by atoms with Crippen molar-refractivity contribution < 1.29 is 19.4 Å². The topological polar surface area (TPSA) is 93.3 Å². The number of benzene rings is 1. The summed E-state index contributed by atoms with van der Waals surface area (Å²) in [4.78, 5) is 24.0. The average molecular weight is 419 g/mol. The largest absolute Gasteiger partial charge is 0.619 e. The van der Waals surface area contributed by atoms with Gasteiger partial charge in [0.05, 0.1) is 5.56 Å². The molecule has 25 heavy (non-hydrogen) atoms. The lowest BCUT2D eigenvalue weighted by molar-refractivity contribution is -0.605. The number of hydrogen-bond acceptors (Lipinski definition) is 4. The highest BCUT2D eigenvalue weighted by Gasteiger charge is 2.21. The Bertz CT molecular complexity index is 936. The molecule has 126 valence electrons. The number of rotatable bonds is 4. The molecule has 3 rings (SSSR count). The molecule has 0 unspecified atom stereocenters. The van der Waals surface area contributed by atoms with Crippen molar-refractivity contribution in [3.8, 4) is 11.1 Å². The quantitative estimate of drug-likeness (QED) is 0.498. The summed E-state index contributed by atoms with van der Waals surface area (Å²) in [5.74, 6) is -1.60. The third-order valence-corrected chi connectivity index (χ3v) is 4.88. The standard InChI is InChI=1S/C17H11BrN2O4S/c18-12-3-1-10(2-4-12)13-9-25-16(14(13)17(22)23)19-15(21)11-5-7-20(24)8-6-11/h1-9H,(H,19,21)(H,22,23). The fraction of sp³-hybridized carbons (Fsp3) is 0. The maximum absolute atomic E-state index is 12.3. The molecule has 2 N–H and O–H groups in total. The molecule has 0 aliphatic carbocycles. The summed E-state index contributed by atoms with van der Waals surface area (Å²) in [5, 5.41) is 25.2. The predicted molar refractivity (Wildman–Crippen MR) is 97.8 cm³/mol. The molecule has 0 spiro atoms. The van der Waals surface area contributed by atoms with Crippen molar-refractivity contribution in [2.45, 2.75) is 0 Å². The smallest absolute Gasteiger partial charge is 0.339 e. The molecule has 0 aliphatic rings. The zero-order valence-electron chi connectivity index (χ0n) is 12.6. The first kappa shape index (κ1) is 17.1. The number of thiophene rings is 1. The molecule has 0 saturated heterocycles. The molecule has 0 atom stereocenters. The lowest BCUT2D eigenvalue weighted by atomic mass is 10.0. The molecule has 1 aromatic carbocycles. The average Bonchev–Trinajstić information content (AvgIpc) is 3.00. The van der Waals surface area contributed by atoms with E-state index >= 15 is 0 Å². The molecule has 0 aliphatic heterocycles. The molecular weight excluding hydrogens is 408 g/mol. The number of carbonyl (C=O) groups excluding carboxylic acids is 1. The molecule has 0 saturated carbocycles. The lowest BCUT2D eigenvalue weighted by Crippen LogP contribution is -2.25. The minimum atomic E-state index is -1.13. The van der Waals surface area contributed by atoms with Gasteiger partial charge in [-0.3, -0.25) is 4.79 Å². The number of hydrogen-bond donors (Lipinski definition) is 2. The van der Waals surface area contributed by atoms with E-state index in [1.807, 2.05) is 12.1 Å². The zero-order chi connectivity index (χ0) is 18.0. The van der Waals surface area contributed by atoms with Crippen molar-refractivity contribution in [1.29, 1.82) is 0 Å². The van der Waals surface area contributed by atoms with Crippen LogP contribution in [0.15, 0.2) is 58.6 Å². The number of aromatic carboxylic acids is 1. The second-order valence-corrected chi connectivity index (χ2v) is 6.86. The number of nitrogens with zero attached hydrogens (tertiary/aromatic N) is 1. The molecule has 1 amide bonds. The molecule has 3 aromatic rings. The lowest BCUT2D eigenvalue weighted by Gasteiger charge is -2.06. The van der Waals surface area contributed by atoms with Gasteiger partial charge < -0.3 is 15.6 Å². The highest BCUT2D eigenvalue weighted by Crippen LogP contribution is 2.36. The molecule has 0 radical (unpaired) electrons. The van der Waals surface area contributed by atoms with Crippen LogP contribution in [0.4, 0.5) is 5.00 Å². The number of carbonyl (C=O) groups is 2. The monoisotopic (exact) mass is 418 g/mol. The fourth-order valence-corrected chi connectivity index (χ4v) is 3.46. The van der Waals surface area contributed by atoms with Crippen LogP contribution in [0.3, 0.4) is 0 Å². The Morgan fingerprint density at radius 1 is 1.12 bits per heavy atom. The van der Waals surface area contributed by atoms with Gasteiger partial charge in [-0.05, 0) is 17.7 Å². The van der Waals surface area contributed by atoms with E-state index in [-0.39, 0.29) is 16.1 Å². The molecule has 0 fully saturated rings. The first-order valence-corrected chi connectivity index (χ1v) is 8.74. The predicted octanol–water partition coefficient (Wildman–Crippen LogP) is 3.76. The van der Waals surface area contributed by atoms with Crippen LogP contribution >= 0.6 is 27.3 Å². The van der Waals surface area contributed by atoms with Gasteiger partial charge in [0.25, 0.3) is 5.91 Å². The van der Waals surface area contributed by atoms with E-state index in [4.69, 9.17) is 0 Å². The zero-order valence-corrected chi connectivity index (χ0v) is 15.0. The van der Waals surface area contributed by atoms with Crippen LogP contribution in [-0.2, 0) is 0 Å². The van der Waals surface area contributed by atoms with Gasteiger partial charge in [-0.15, -0.1) is 11.3 Å². The summed E-state index contributed by atoms with van der Waals surface area (Å²) in [6, 6.07) is 9.97. The van der Waals surface area contributed by atoms with E-state index < -0.39 is 11.9 Å². The van der Waals surface area contributed by atoms with E-state index in [0.717, 1.165) is 21.4 Å². The van der Waals surface area contributed by atoms with Crippen molar-refractivity contribution in [3.63, 3.8) is 0 Å². The van der Waals surface area contributed by atoms with Crippen LogP contribution in [-0.4, -0.2) is 17.0 Å². The van der Waals surface area contributed by atoms with E-state index in [1.54, 1.807) is 17.5 Å². The Morgan fingerprint density at radius 3 is 2.36 bits per heavy atom. The summed E-state index contributed by atoms with van der Waals surface area (Å²) in [7, 11) is 0. The Labute approximate surface area is 155 Å². The van der Waals surface area contributed by atoms with Gasteiger partial charge in [0.15, 0.2) is 12.4 Å². The third-order valence-electron chi connectivity index (χ3n) is 3.45. The number of carboxylic acids is 1. The maximum atomic E-state index is 12.3. The molecule has 8 heteroatoms. The Hall–Kier alpha value is -2.71. The van der Waals surface area contributed by atoms with E-state index in [9.17, 15) is 19.9 Å². The number of anilines is 1. The van der Waals surface area contributed by atoms with Crippen LogP contribution < -0.4 is 10.0 Å². The highest BCUT2D eigenvalue weighted by molar-refractivity contribution is 9.10. The van der Waals surface area contributed by atoms with Gasteiger partial charge in [-0.25, -0.2) is 4.79 Å². The minimum Gasteiger partial charge on any atom is -0.619 e. The van der Waals surface area contributed by atoms with E-state index in [1.165, 1.54) is 24.5 Å². The molecular formula is C17H11BrN2O4S. The highest BCUT2D eigenvalue weighted by atomic mass is 79.9. The number of carboxylic acid groups (broad SMARTS) is 1. The summed E-state index contributed by atoms with van der Waals surface area (Å²) in [5.41, 5.74) is 1.58. The van der Waals surface area contributed by atoms with Crippen LogP contribution in [0.5, 0.6) is 0 Å². The van der Waals surface area contributed by atoms with Crippen molar-refractivity contribution in [3.05, 3.63) is 75.0 Å². The second-order valence-electron chi connectivity index (χ2n) is 5.07. The number of pyridine rings is 1. The molecule has 2 heterocycles. The summed E-state index contributed by atoms with van der Waals surface area (Å²) in [6.07, 6.45) is 2.41. The first-order chi connectivity index (χ1) is 12.0. The SMILES string of the molecule is O=C(Nc1scc(-c2ccc(Br)cc2)c1C(=O)O)c1cc[n+]([O-])cc1. The number of aromatic nitrogens is 1. The van der Waals surface area contributed by atoms with Gasteiger partial charge in [-0.2, -0.15) is 4.73 Å². The fourth-order valence-electron chi connectivity index (χ4n) is 2.24. The summed E-state index contributed by atoms with van der Waals surface area (Å²) < 4.78 is 1.45. The van der Waals surface area contributed by atoms with Gasteiger partial charge in [-0.1, -0.05) is 28.1 Å². The minimum absolute atomic E-state index is 0.0375. The third kappa shape index (κ3) is 3.70. The van der Waals surface area contributed by atoms with E-state index in [2.05, 4.69) is 21.2 Å². The van der Waals surface area contributed by atoms with Crippen molar-refractivity contribution in [2.75, 3.05) is 5.32 Å².